The summed E-state index contributed by atoms with van der Waals surface area (Å²) in [6, 6.07) is 7.21. The monoisotopic (exact) mass is 370 g/mol. The molecule has 0 fully saturated rings. The zero-order valence-corrected chi connectivity index (χ0v) is 13.2. The summed E-state index contributed by atoms with van der Waals surface area (Å²) in [6.07, 6.45) is -2.35. The molecule has 1 amide bonds. The van der Waals surface area contributed by atoms with Crippen molar-refractivity contribution in [1.29, 1.82) is 0 Å². The SMILES string of the molecule is O=C(Cc1ccn(-c2ccc(F)cc2)n1)Nc1ncc(C(F)(F)F)s1. The number of aromatic nitrogens is 3. The summed E-state index contributed by atoms with van der Waals surface area (Å²) in [5.74, 6) is -0.912. The summed E-state index contributed by atoms with van der Waals surface area (Å²) in [4.78, 5) is 14.6. The van der Waals surface area contributed by atoms with Gasteiger partial charge in [-0.05, 0) is 30.3 Å². The fourth-order valence-electron chi connectivity index (χ4n) is 1.98. The molecular weight excluding hydrogens is 360 g/mol. The fraction of sp³-hybridized carbons (Fsp3) is 0.133. The number of rotatable bonds is 4. The molecule has 0 saturated carbocycles. The largest absolute Gasteiger partial charge is 0.427 e. The van der Waals surface area contributed by atoms with Crippen molar-refractivity contribution in [2.24, 2.45) is 0 Å². The summed E-state index contributed by atoms with van der Waals surface area (Å²) in [7, 11) is 0. The van der Waals surface area contributed by atoms with Crippen LogP contribution < -0.4 is 5.32 Å². The molecule has 0 spiro atoms. The molecule has 0 saturated heterocycles. The molecule has 2 heterocycles. The molecule has 130 valence electrons. The number of carbonyl (C=O) groups excluding carboxylic acids is 1. The minimum Gasteiger partial charge on any atom is -0.302 e. The second-order valence-electron chi connectivity index (χ2n) is 4.98. The Morgan fingerprint density at radius 2 is 1.92 bits per heavy atom. The van der Waals surface area contributed by atoms with Gasteiger partial charge >= 0.3 is 6.18 Å². The highest BCUT2D eigenvalue weighted by molar-refractivity contribution is 7.15. The maximum atomic E-state index is 12.9. The average molecular weight is 370 g/mol. The van der Waals surface area contributed by atoms with Gasteiger partial charge in [0.15, 0.2) is 5.13 Å². The lowest BCUT2D eigenvalue weighted by molar-refractivity contribution is -0.134. The van der Waals surface area contributed by atoms with E-state index < -0.39 is 17.0 Å². The van der Waals surface area contributed by atoms with Crippen LogP contribution in [0.1, 0.15) is 10.6 Å². The molecule has 1 N–H and O–H groups in total. The molecule has 0 aliphatic carbocycles. The molecule has 5 nitrogen and oxygen atoms in total. The second-order valence-corrected chi connectivity index (χ2v) is 6.01. The Hall–Kier alpha value is -2.75. The molecule has 3 aromatic rings. The number of anilines is 1. The van der Waals surface area contributed by atoms with Gasteiger partial charge in [-0.3, -0.25) is 4.79 Å². The number of hydrogen-bond donors (Lipinski definition) is 1. The van der Waals surface area contributed by atoms with Gasteiger partial charge in [-0.25, -0.2) is 14.1 Å². The highest BCUT2D eigenvalue weighted by Gasteiger charge is 2.33. The van der Waals surface area contributed by atoms with Crippen molar-refractivity contribution in [1.82, 2.24) is 14.8 Å². The van der Waals surface area contributed by atoms with Gasteiger partial charge in [0, 0.05) is 6.20 Å². The Labute approximate surface area is 142 Å². The number of hydrogen-bond acceptors (Lipinski definition) is 4. The van der Waals surface area contributed by atoms with Crippen LogP contribution in [-0.4, -0.2) is 20.7 Å². The molecular formula is C15H10F4N4OS. The van der Waals surface area contributed by atoms with E-state index in [4.69, 9.17) is 0 Å². The van der Waals surface area contributed by atoms with Crippen LogP contribution >= 0.6 is 11.3 Å². The third-order valence-electron chi connectivity index (χ3n) is 3.11. The van der Waals surface area contributed by atoms with Gasteiger partial charge in [0.2, 0.25) is 5.91 Å². The maximum absolute atomic E-state index is 12.9. The zero-order chi connectivity index (χ0) is 18.0. The van der Waals surface area contributed by atoms with Gasteiger partial charge in [0.25, 0.3) is 0 Å². The number of thiazole rings is 1. The molecule has 1 aromatic carbocycles. The van der Waals surface area contributed by atoms with Crippen molar-refractivity contribution < 1.29 is 22.4 Å². The van der Waals surface area contributed by atoms with Crippen LogP contribution in [0.5, 0.6) is 0 Å². The molecule has 0 aliphatic heterocycles. The van der Waals surface area contributed by atoms with Crippen molar-refractivity contribution >= 4 is 22.4 Å². The number of carbonyl (C=O) groups is 1. The number of alkyl halides is 3. The lowest BCUT2D eigenvalue weighted by Gasteiger charge is -2.02. The Bertz CT molecular complexity index is 886. The molecule has 10 heteroatoms. The predicted octanol–water partition coefficient (Wildman–Crippen LogP) is 3.67. The van der Waals surface area contributed by atoms with Gasteiger partial charge < -0.3 is 5.32 Å². The van der Waals surface area contributed by atoms with Crippen LogP contribution in [0.25, 0.3) is 5.69 Å². The molecule has 0 unspecified atom stereocenters. The van der Waals surface area contributed by atoms with Crippen LogP contribution in [-0.2, 0) is 17.4 Å². The Morgan fingerprint density at radius 3 is 2.56 bits per heavy atom. The molecule has 3 rings (SSSR count). The van der Waals surface area contributed by atoms with E-state index in [-0.39, 0.29) is 17.4 Å². The Balaban J connectivity index is 1.64. The van der Waals surface area contributed by atoms with E-state index >= 15 is 0 Å². The first-order valence-corrected chi connectivity index (χ1v) is 7.76. The number of amides is 1. The third kappa shape index (κ3) is 4.21. The van der Waals surface area contributed by atoms with E-state index in [1.165, 1.54) is 28.9 Å². The van der Waals surface area contributed by atoms with Crippen molar-refractivity contribution in [2.45, 2.75) is 12.6 Å². The minimum absolute atomic E-state index is 0.129. The quantitative estimate of drug-likeness (QED) is 0.713. The first-order chi connectivity index (χ1) is 11.8. The number of halogens is 4. The van der Waals surface area contributed by atoms with Crippen LogP contribution in [0.2, 0.25) is 0 Å². The average Bonchev–Trinajstić information content (AvgIpc) is 3.17. The van der Waals surface area contributed by atoms with E-state index in [0.717, 1.165) is 0 Å². The summed E-state index contributed by atoms with van der Waals surface area (Å²) in [5, 5.41) is 6.35. The van der Waals surface area contributed by atoms with Crippen LogP contribution in [0, 0.1) is 5.82 Å². The van der Waals surface area contributed by atoms with Crippen LogP contribution in [0.3, 0.4) is 0 Å². The van der Waals surface area contributed by atoms with Gasteiger partial charge in [-0.1, -0.05) is 11.3 Å². The van der Waals surface area contributed by atoms with Crippen molar-refractivity contribution in [3.8, 4) is 5.69 Å². The standard InChI is InChI=1S/C15H10F4N4OS/c16-9-1-3-11(4-2-9)23-6-5-10(22-23)7-13(24)21-14-20-8-12(25-14)15(17,18)19/h1-6,8H,7H2,(H,20,21,24). The summed E-state index contributed by atoms with van der Waals surface area (Å²) < 4.78 is 51.9. The van der Waals surface area contributed by atoms with E-state index in [0.29, 0.717) is 28.9 Å². The topological polar surface area (TPSA) is 59.8 Å². The number of nitrogens with zero attached hydrogens (tertiary/aromatic N) is 3. The molecule has 0 aliphatic rings. The highest BCUT2D eigenvalue weighted by atomic mass is 32.1. The van der Waals surface area contributed by atoms with Gasteiger partial charge in [0.1, 0.15) is 10.7 Å². The maximum Gasteiger partial charge on any atom is 0.427 e. The molecule has 0 atom stereocenters. The van der Waals surface area contributed by atoms with Gasteiger partial charge in [-0.15, -0.1) is 0 Å². The molecule has 0 bridgehead atoms. The van der Waals surface area contributed by atoms with Gasteiger partial charge in [-0.2, -0.15) is 18.3 Å². The minimum atomic E-state index is -4.49. The fourth-order valence-corrected chi connectivity index (χ4v) is 2.68. The lowest BCUT2D eigenvalue weighted by Crippen LogP contribution is -2.14. The van der Waals surface area contributed by atoms with E-state index in [2.05, 4.69) is 15.4 Å². The molecule has 25 heavy (non-hydrogen) atoms. The Morgan fingerprint density at radius 1 is 1.20 bits per heavy atom. The van der Waals surface area contributed by atoms with Crippen molar-refractivity contribution in [2.75, 3.05) is 5.32 Å². The lowest BCUT2D eigenvalue weighted by atomic mass is 10.3. The highest BCUT2D eigenvalue weighted by Crippen LogP contribution is 2.34. The summed E-state index contributed by atoms with van der Waals surface area (Å²) in [6.45, 7) is 0. The van der Waals surface area contributed by atoms with Crippen LogP contribution in [0.4, 0.5) is 22.7 Å². The second kappa shape index (κ2) is 6.63. The summed E-state index contributed by atoms with van der Waals surface area (Å²) >= 11 is 0.353. The first kappa shape index (κ1) is 17.1. The number of nitrogens with one attached hydrogen (secondary N) is 1. The van der Waals surface area contributed by atoms with E-state index in [1.807, 2.05) is 0 Å². The van der Waals surface area contributed by atoms with Crippen LogP contribution in [0.15, 0.2) is 42.7 Å². The van der Waals surface area contributed by atoms with Crippen molar-refractivity contribution in [3.05, 3.63) is 59.1 Å². The molecule has 0 radical (unpaired) electrons. The first-order valence-electron chi connectivity index (χ1n) is 6.94. The zero-order valence-electron chi connectivity index (χ0n) is 12.4. The normalized spacial score (nSPS) is 11.5. The predicted molar refractivity (Wildman–Crippen MR) is 83.0 cm³/mol. The van der Waals surface area contributed by atoms with E-state index in [1.54, 1.807) is 12.3 Å². The number of benzene rings is 1. The molecule has 2 aromatic heterocycles. The Kier molecular flexibility index (Phi) is 4.53. The smallest absolute Gasteiger partial charge is 0.302 e. The third-order valence-corrected chi connectivity index (χ3v) is 4.07. The van der Waals surface area contributed by atoms with Crippen molar-refractivity contribution in [3.63, 3.8) is 0 Å². The van der Waals surface area contributed by atoms with E-state index in [9.17, 15) is 22.4 Å². The summed E-state index contributed by atoms with van der Waals surface area (Å²) in [5.41, 5.74) is 1.03. The van der Waals surface area contributed by atoms with Gasteiger partial charge in [0.05, 0.1) is 24.0 Å².